The highest BCUT2D eigenvalue weighted by atomic mass is 19.3. The number of alkyl halides is 2. The second-order valence-electron chi connectivity index (χ2n) is 3.72. The molecule has 0 unspecified atom stereocenters. The molecule has 16 heavy (non-hydrogen) atoms. The molecule has 0 bridgehead atoms. The monoisotopic (exact) mass is 229 g/mol. The van der Waals surface area contributed by atoms with Gasteiger partial charge in [-0.1, -0.05) is 0 Å². The summed E-state index contributed by atoms with van der Waals surface area (Å²) in [6.07, 6.45) is 2.54. The van der Waals surface area contributed by atoms with Gasteiger partial charge in [0, 0.05) is 44.1 Å². The Hall–Kier alpha value is -1.43. The maximum atomic E-state index is 13.7. The van der Waals surface area contributed by atoms with Crippen LogP contribution in [0.5, 0.6) is 0 Å². The van der Waals surface area contributed by atoms with E-state index in [-0.39, 0.29) is 5.56 Å². The van der Waals surface area contributed by atoms with Crippen LogP contribution in [0.15, 0.2) is 18.5 Å². The Morgan fingerprint density at radius 1 is 1.38 bits per heavy atom. The number of aromatic amines is 1. The van der Waals surface area contributed by atoms with Gasteiger partial charge in [-0.25, -0.2) is 0 Å². The highest BCUT2D eigenvalue weighted by molar-refractivity contribution is 5.84. The first-order valence-electron chi connectivity index (χ1n) is 5.13. The lowest BCUT2D eigenvalue weighted by atomic mass is 10.1. The molecule has 1 aliphatic rings. The first-order chi connectivity index (χ1) is 7.62. The number of hydrogen-bond donors (Lipinski definition) is 2. The van der Waals surface area contributed by atoms with Crippen molar-refractivity contribution in [3.05, 3.63) is 24.0 Å². The molecular weight excluding hydrogens is 216 g/mol. The Morgan fingerprint density at radius 2 is 2.06 bits per heavy atom. The van der Waals surface area contributed by atoms with Crippen LogP contribution >= 0.6 is 0 Å². The first-order valence-corrected chi connectivity index (χ1v) is 5.13. The molecular formula is C10H13F2N3O. The molecule has 2 heterocycles. The Balaban J connectivity index is 2.13. The minimum atomic E-state index is -3.43. The average molecular weight is 229 g/mol. The summed E-state index contributed by atoms with van der Waals surface area (Å²) in [6.45, 7) is 1.79. The van der Waals surface area contributed by atoms with Crippen molar-refractivity contribution in [2.45, 2.75) is 5.92 Å². The molecule has 1 amide bonds. The predicted octanol–water partition coefficient (Wildman–Crippen LogP) is 0.538. The number of nitrogens with one attached hydrogen (secondary N) is 2. The van der Waals surface area contributed by atoms with E-state index in [4.69, 9.17) is 0 Å². The molecule has 2 N–H and O–H groups in total. The summed E-state index contributed by atoms with van der Waals surface area (Å²) in [6, 6.07) is 1.22. The molecule has 1 saturated heterocycles. The van der Waals surface area contributed by atoms with Crippen molar-refractivity contribution in [2.75, 3.05) is 26.2 Å². The maximum Gasteiger partial charge on any atom is 0.351 e. The van der Waals surface area contributed by atoms with Crippen molar-refractivity contribution in [3.8, 4) is 0 Å². The molecule has 0 saturated carbocycles. The number of carbonyl (C=O) groups excluding carboxylic acids is 1. The van der Waals surface area contributed by atoms with Crippen LogP contribution in [0.1, 0.15) is 5.56 Å². The van der Waals surface area contributed by atoms with Gasteiger partial charge in [-0.15, -0.1) is 0 Å². The van der Waals surface area contributed by atoms with Crippen LogP contribution in [0.2, 0.25) is 0 Å². The van der Waals surface area contributed by atoms with Crippen LogP contribution < -0.4 is 5.32 Å². The smallest absolute Gasteiger partial charge is 0.351 e. The Labute approximate surface area is 91.6 Å². The van der Waals surface area contributed by atoms with Gasteiger partial charge in [0.1, 0.15) is 0 Å². The Bertz CT molecular complexity index is 358. The third-order valence-corrected chi connectivity index (χ3v) is 2.63. The van der Waals surface area contributed by atoms with Crippen LogP contribution in [0.3, 0.4) is 0 Å². The zero-order valence-electron chi connectivity index (χ0n) is 8.67. The number of rotatable bonds is 2. The molecule has 1 aromatic rings. The lowest BCUT2D eigenvalue weighted by Crippen LogP contribution is -2.51. The molecule has 0 radical (unpaired) electrons. The Kier molecular flexibility index (Phi) is 2.91. The highest BCUT2D eigenvalue weighted by Crippen LogP contribution is 2.29. The van der Waals surface area contributed by atoms with Gasteiger partial charge < -0.3 is 15.2 Å². The van der Waals surface area contributed by atoms with Crippen molar-refractivity contribution >= 4 is 5.91 Å². The van der Waals surface area contributed by atoms with Crippen LogP contribution in [0.4, 0.5) is 8.78 Å². The molecule has 1 fully saturated rings. The molecule has 1 aromatic heterocycles. The standard InChI is InChI=1S/C10H13F2N3O/c11-10(12,8-1-2-14-7-8)9(16)15-5-3-13-4-6-15/h1-2,7,13-14H,3-6H2. The second kappa shape index (κ2) is 4.21. The number of aromatic nitrogens is 1. The van der Waals surface area contributed by atoms with Crippen molar-refractivity contribution in [2.24, 2.45) is 0 Å². The third-order valence-electron chi connectivity index (χ3n) is 2.63. The van der Waals surface area contributed by atoms with E-state index in [0.717, 1.165) is 6.20 Å². The number of piperazine rings is 1. The van der Waals surface area contributed by atoms with Gasteiger partial charge in [-0.3, -0.25) is 4.79 Å². The average Bonchev–Trinajstić information content (AvgIpc) is 2.83. The largest absolute Gasteiger partial charge is 0.367 e. The zero-order valence-corrected chi connectivity index (χ0v) is 8.67. The molecule has 6 heteroatoms. The van der Waals surface area contributed by atoms with Crippen molar-refractivity contribution in [3.63, 3.8) is 0 Å². The van der Waals surface area contributed by atoms with Crippen molar-refractivity contribution < 1.29 is 13.6 Å². The molecule has 0 spiro atoms. The van der Waals surface area contributed by atoms with E-state index in [2.05, 4.69) is 10.3 Å². The molecule has 1 aliphatic heterocycles. The van der Waals surface area contributed by atoms with Crippen LogP contribution in [0.25, 0.3) is 0 Å². The SMILES string of the molecule is O=C(N1CCNCC1)C(F)(F)c1cc[nH]c1. The van der Waals surface area contributed by atoms with Gasteiger partial charge in [0.2, 0.25) is 0 Å². The lowest BCUT2D eigenvalue weighted by Gasteiger charge is -2.30. The number of carbonyl (C=O) groups is 1. The number of nitrogens with zero attached hydrogens (tertiary/aromatic N) is 1. The van der Waals surface area contributed by atoms with Gasteiger partial charge in [0.15, 0.2) is 0 Å². The maximum absolute atomic E-state index is 13.7. The summed E-state index contributed by atoms with van der Waals surface area (Å²) < 4.78 is 27.5. The zero-order chi connectivity index (χ0) is 11.6. The Morgan fingerprint density at radius 3 is 2.62 bits per heavy atom. The van der Waals surface area contributed by atoms with E-state index in [9.17, 15) is 13.6 Å². The van der Waals surface area contributed by atoms with Crippen molar-refractivity contribution in [1.29, 1.82) is 0 Å². The number of hydrogen-bond acceptors (Lipinski definition) is 2. The number of H-pyrrole nitrogens is 1. The lowest BCUT2D eigenvalue weighted by molar-refractivity contribution is -0.159. The van der Waals surface area contributed by atoms with E-state index in [1.54, 1.807) is 0 Å². The van der Waals surface area contributed by atoms with E-state index < -0.39 is 11.8 Å². The minimum absolute atomic E-state index is 0.281. The summed E-state index contributed by atoms with van der Waals surface area (Å²) in [5.74, 6) is -4.55. The van der Waals surface area contributed by atoms with Gasteiger partial charge in [0.05, 0.1) is 0 Å². The molecule has 0 aliphatic carbocycles. The quantitative estimate of drug-likeness (QED) is 0.777. The van der Waals surface area contributed by atoms with Gasteiger partial charge >= 0.3 is 5.92 Å². The van der Waals surface area contributed by atoms with E-state index >= 15 is 0 Å². The second-order valence-corrected chi connectivity index (χ2v) is 3.72. The van der Waals surface area contributed by atoms with Gasteiger partial charge in [-0.05, 0) is 6.07 Å². The normalized spacial score (nSPS) is 17.5. The number of amides is 1. The molecule has 0 atom stereocenters. The summed E-state index contributed by atoms with van der Waals surface area (Å²) in [5, 5.41) is 3.01. The summed E-state index contributed by atoms with van der Waals surface area (Å²) in [7, 11) is 0. The number of halogens is 2. The fourth-order valence-corrected chi connectivity index (χ4v) is 1.71. The van der Waals surface area contributed by atoms with E-state index in [0.29, 0.717) is 26.2 Å². The summed E-state index contributed by atoms with van der Waals surface area (Å²) in [5.41, 5.74) is -0.281. The fraction of sp³-hybridized carbons (Fsp3) is 0.500. The first kappa shape index (κ1) is 11.1. The van der Waals surface area contributed by atoms with E-state index in [1.807, 2.05) is 0 Å². The molecule has 88 valence electrons. The summed E-state index contributed by atoms with van der Waals surface area (Å²) in [4.78, 5) is 15.4. The van der Waals surface area contributed by atoms with Crippen LogP contribution in [0, 0.1) is 0 Å². The molecule has 2 rings (SSSR count). The topological polar surface area (TPSA) is 48.1 Å². The van der Waals surface area contributed by atoms with Gasteiger partial charge in [0.25, 0.3) is 5.91 Å². The molecule has 4 nitrogen and oxygen atoms in total. The van der Waals surface area contributed by atoms with Crippen LogP contribution in [-0.2, 0) is 10.7 Å². The van der Waals surface area contributed by atoms with Crippen molar-refractivity contribution in [1.82, 2.24) is 15.2 Å². The summed E-state index contributed by atoms with van der Waals surface area (Å²) >= 11 is 0. The predicted molar refractivity (Wildman–Crippen MR) is 54.1 cm³/mol. The third kappa shape index (κ3) is 1.92. The van der Waals surface area contributed by atoms with Gasteiger partial charge in [-0.2, -0.15) is 8.78 Å². The fourth-order valence-electron chi connectivity index (χ4n) is 1.71. The van der Waals surface area contributed by atoms with E-state index in [1.165, 1.54) is 17.2 Å². The molecule has 0 aromatic carbocycles. The highest BCUT2D eigenvalue weighted by Gasteiger charge is 2.44. The van der Waals surface area contributed by atoms with Crippen LogP contribution in [-0.4, -0.2) is 42.0 Å². The minimum Gasteiger partial charge on any atom is -0.367 e.